The molecule has 1 aromatic rings. The van der Waals surface area contributed by atoms with Gasteiger partial charge in [0.25, 0.3) is 0 Å². The maximum Gasteiger partial charge on any atom is 0.234 e. The number of carbonyl (C=O) groups is 1. The Morgan fingerprint density at radius 2 is 2.32 bits per heavy atom. The monoisotopic (exact) mass is 270 g/mol. The molecule has 108 valence electrons. The van der Waals surface area contributed by atoms with Crippen LogP contribution in [0.15, 0.2) is 0 Å². The van der Waals surface area contributed by atoms with Crippen LogP contribution in [0.5, 0.6) is 0 Å². The molecular weight excluding hydrogens is 248 g/mol. The fourth-order valence-electron chi connectivity index (χ4n) is 1.70. The summed E-state index contributed by atoms with van der Waals surface area (Å²) in [6.07, 6.45) is 0.946. The van der Waals surface area contributed by atoms with Crippen molar-refractivity contribution < 1.29 is 9.53 Å². The summed E-state index contributed by atoms with van der Waals surface area (Å²) in [6, 6.07) is -0.387. The first kappa shape index (κ1) is 15.5. The summed E-state index contributed by atoms with van der Waals surface area (Å²) in [6.45, 7) is 6.17. The Labute approximate surface area is 112 Å². The SMILES string of the molecule is CCCn1nnnc1CN(CCOC)C(C)C(N)=O. The van der Waals surface area contributed by atoms with Gasteiger partial charge in [0.2, 0.25) is 5.91 Å². The van der Waals surface area contributed by atoms with E-state index in [1.807, 2.05) is 4.90 Å². The first-order valence-corrected chi connectivity index (χ1v) is 6.37. The lowest BCUT2D eigenvalue weighted by Crippen LogP contribution is -2.44. The lowest BCUT2D eigenvalue weighted by atomic mass is 10.2. The molecule has 0 aliphatic rings. The van der Waals surface area contributed by atoms with E-state index in [0.717, 1.165) is 18.8 Å². The fourth-order valence-corrected chi connectivity index (χ4v) is 1.70. The summed E-state index contributed by atoms with van der Waals surface area (Å²) in [5, 5.41) is 11.6. The highest BCUT2D eigenvalue weighted by Gasteiger charge is 2.21. The summed E-state index contributed by atoms with van der Waals surface area (Å²) in [5.74, 6) is 0.358. The minimum absolute atomic E-state index is 0.370. The second-order valence-corrected chi connectivity index (χ2v) is 4.36. The quantitative estimate of drug-likeness (QED) is 0.643. The fraction of sp³-hybridized carbons (Fsp3) is 0.818. The molecule has 1 heterocycles. The van der Waals surface area contributed by atoms with Gasteiger partial charge < -0.3 is 10.5 Å². The van der Waals surface area contributed by atoms with E-state index < -0.39 is 0 Å². The van der Waals surface area contributed by atoms with Crippen LogP contribution in [0.25, 0.3) is 0 Å². The molecule has 0 saturated carbocycles. The molecule has 2 N–H and O–H groups in total. The summed E-state index contributed by atoms with van der Waals surface area (Å²) in [7, 11) is 1.62. The third kappa shape index (κ3) is 4.56. The van der Waals surface area contributed by atoms with Crippen LogP contribution in [-0.2, 0) is 22.6 Å². The topological polar surface area (TPSA) is 99.2 Å². The van der Waals surface area contributed by atoms with Crippen LogP contribution in [0, 0.1) is 0 Å². The normalized spacial score (nSPS) is 12.8. The van der Waals surface area contributed by atoms with Crippen molar-refractivity contribution in [1.29, 1.82) is 0 Å². The molecular formula is C11H22N6O2. The second-order valence-electron chi connectivity index (χ2n) is 4.36. The zero-order valence-electron chi connectivity index (χ0n) is 11.7. The number of methoxy groups -OCH3 is 1. The summed E-state index contributed by atoms with van der Waals surface area (Å²) in [5.41, 5.74) is 5.35. The van der Waals surface area contributed by atoms with Gasteiger partial charge in [-0.05, 0) is 23.8 Å². The minimum atomic E-state index is -0.387. The van der Waals surface area contributed by atoms with E-state index in [4.69, 9.17) is 10.5 Å². The average molecular weight is 270 g/mol. The van der Waals surface area contributed by atoms with E-state index in [9.17, 15) is 4.79 Å². The molecule has 1 rings (SSSR count). The summed E-state index contributed by atoms with van der Waals surface area (Å²) in [4.78, 5) is 13.2. The molecule has 19 heavy (non-hydrogen) atoms. The van der Waals surface area contributed by atoms with Crippen molar-refractivity contribution in [1.82, 2.24) is 25.1 Å². The zero-order chi connectivity index (χ0) is 14.3. The second kappa shape index (κ2) is 7.80. The average Bonchev–Trinajstić information content (AvgIpc) is 2.81. The Morgan fingerprint density at radius 1 is 1.58 bits per heavy atom. The van der Waals surface area contributed by atoms with Gasteiger partial charge >= 0.3 is 0 Å². The molecule has 0 radical (unpaired) electrons. The zero-order valence-corrected chi connectivity index (χ0v) is 11.7. The number of rotatable bonds is 9. The van der Waals surface area contributed by atoms with E-state index >= 15 is 0 Å². The smallest absolute Gasteiger partial charge is 0.234 e. The molecule has 0 aromatic carbocycles. The maximum atomic E-state index is 11.3. The van der Waals surface area contributed by atoms with Crippen molar-refractivity contribution in [3.63, 3.8) is 0 Å². The molecule has 0 fully saturated rings. The van der Waals surface area contributed by atoms with Crippen molar-refractivity contribution >= 4 is 5.91 Å². The standard InChI is InChI=1S/C11H22N6O2/c1-4-5-17-10(13-14-15-17)8-16(6-7-19-3)9(2)11(12)18/h9H,4-8H2,1-3H3,(H2,12,18). The Morgan fingerprint density at radius 3 is 2.89 bits per heavy atom. The molecule has 1 atom stereocenters. The third-order valence-electron chi connectivity index (χ3n) is 2.93. The molecule has 1 aromatic heterocycles. The molecule has 8 nitrogen and oxygen atoms in total. The van der Waals surface area contributed by atoms with Crippen molar-refractivity contribution in [3.05, 3.63) is 5.82 Å². The van der Waals surface area contributed by atoms with E-state index in [1.165, 1.54) is 0 Å². The predicted octanol–water partition coefficient (Wildman–Crippen LogP) is -0.595. The van der Waals surface area contributed by atoms with Crippen molar-refractivity contribution in [2.75, 3.05) is 20.3 Å². The number of nitrogens with two attached hydrogens (primary N) is 1. The number of carbonyl (C=O) groups excluding carboxylic acids is 1. The lowest BCUT2D eigenvalue weighted by molar-refractivity contribution is -0.123. The van der Waals surface area contributed by atoms with Gasteiger partial charge in [-0.2, -0.15) is 0 Å². The molecule has 0 aliphatic heterocycles. The van der Waals surface area contributed by atoms with Gasteiger partial charge in [-0.1, -0.05) is 6.92 Å². The minimum Gasteiger partial charge on any atom is -0.383 e. The number of primary amides is 1. The van der Waals surface area contributed by atoms with Gasteiger partial charge in [0.05, 0.1) is 19.2 Å². The lowest BCUT2D eigenvalue weighted by Gasteiger charge is -2.25. The van der Waals surface area contributed by atoms with Crippen LogP contribution in [0.3, 0.4) is 0 Å². The number of ether oxygens (including phenoxy) is 1. The van der Waals surface area contributed by atoms with E-state index in [2.05, 4.69) is 22.4 Å². The number of nitrogens with zero attached hydrogens (tertiary/aromatic N) is 5. The molecule has 0 saturated heterocycles. The molecule has 0 spiro atoms. The van der Waals surface area contributed by atoms with Crippen molar-refractivity contribution in [2.24, 2.45) is 5.73 Å². The van der Waals surface area contributed by atoms with Gasteiger partial charge in [-0.3, -0.25) is 9.69 Å². The number of hydrogen-bond donors (Lipinski definition) is 1. The predicted molar refractivity (Wildman–Crippen MR) is 69.1 cm³/mol. The maximum absolute atomic E-state index is 11.3. The highest BCUT2D eigenvalue weighted by Crippen LogP contribution is 2.06. The number of amides is 1. The molecule has 0 bridgehead atoms. The van der Waals surface area contributed by atoms with E-state index in [0.29, 0.717) is 19.7 Å². The van der Waals surface area contributed by atoms with Gasteiger partial charge in [0, 0.05) is 20.2 Å². The van der Waals surface area contributed by atoms with Crippen LogP contribution in [-0.4, -0.2) is 57.3 Å². The van der Waals surface area contributed by atoms with Crippen LogP contribution < -0.4 is 5.73 Å². The highest BCUT2D eigenvalue weighted by atomic mass is 16.5. The third-order valence-corrected chi connectivity index (χ3v) is 2.93. The molecule has 1 amide bonds. The van der Waals surface area contributed by atoms with E-state index in [1.54, 1.807) is 18.7 Å². The largest absolute Gasteiger partial charge is 0.383 e. The van der Waals surface area contributed by atoms with Crippen molar-refractivity contribution in [3.8, 4) is 0 Å². The van der Waals surface area contributed by atoms with Crippen LogP contribution >= 0.6 is 0 Å². The molecule has 8 heteroatoms. The Hall–Kier alpha value is -1.54. The number of aryl methyl sites for hydroxylation is 1. The van der Waals surface area contributed by atoms with Gasteiger partial charge in [-0.15, -0.1) is 5.10 Å². The van der Waals surface area contributed by atoms with Crippen LogP contribution in [0.2, 0.25) is 0 Å². The summed E-state index contributed by atoms with van der Waals surface area (Å²) < 4.78 is 6.79. The van der Waals surface area contributed by atoms with E-state index in [-0.39, 0.29) is 11.9 Å². The summed E-state index contributed by atoms with van der Waals surface area (Å²) >= 11 is 0. The molecule has 1 unspecified atom stereocenters. The Kier molecular flexibility index (Phi) is 6.37. The van der Waals surface area contributed by atoms with Crippen LogP contribution in [0.1, 0.15) is 26.1 Å². The first-order chi connectivity index (χ1) is 9.10. The number of aromatic nitrogens is 4. The Balaban J connectivity index is 2.75. The first-order valence-electron chi connectivity index (χ1n) is 6.37. The van der Waals surface area contributed by atoms with Crippen LogP contribution in [0.4, 0.5) is 0 Å². The number of tetrazole rings is 1. The van der Waals surface area contributed by atoms with Gasteiger partial charge in [0.15, 0.2) is 5.82 Å². The molecule has 0 aliphatic carbocycles. The van der Waals surface area contributed by atoms with Gasteiger partial charge in [0.1, 0.15) is 0 Å². The van der Waals surface area contributed by atoms with Gasteiger partial charge in [-0.25, -0.2) is 4.68 Å². The Bertz CT molecular complexity index is 394. The van der Waals surface area contributed by atoms with Crippen molar-refractivity contribution in [2.45, 2.75) is 39.4 Å². The highest BCUT2D eigenvalue weighted by molar-refractivity contribution is 5.79. The number of hydrogen-bond acceptors (Lipinski definition) is 6.